The maximum Gasteiger partial charge on any atom is 0.255 e. The van der Waals surface area contributed by atoms with E-state index < -0.39 is 0 Å². The van der Waals surface area contributed by atoms with Crippen molar-refractivity contribution in [2.45, 2.75) is 39.7 Å². The molecule has 134 valence electrons. The summed E-state index contributed by atoms with van der Waals surface area (Å²) in [7, 11) is 0. The third-order valence-corrected chi connectivity index (χ3v) is 5.34. The number of carbonyl (C=O) groups is 2. The minimum atomic E-state index is -0.0934. The maximum absolute atomic E-state index is 12.6. The number of rotatable bonds is 3. The van der Waals surface area contributed by atoms with Gasteiger partial charge in [-0.15, -0.1) is 0 Å². The molecule has 1 saturated carbocycles. The number of hydrogen-bond donors (Lipinski definition) is 1. The van der Waals surface area contributed by atoms with Crippen LogP contribution in [0.3, 0.4) is 0 Å². The van der Waals surface area contributed by atoms with E-state index in [0.717, 1.165) is 48.2 Å². The van der Waals surface area contributed by atoms with Gasteiger partial charge in [0.15, 0.2) is 0 Å². The largest absolute Gasteiger partial charge is 0.338 e. The van der Waals surface area contributed by atoms with Crippen molar-refractivity contribution in [1.29, 1.82) is 0 Å². The number of hydrogen-bond acceptors (Lipinski definition) is 2. The van der Waals surface area contributed by atoms with Crippen LogP contribution in [0.5, 0.6) is 0 Å². The molecule has 1 aliphatic heterocycles. The highest BCUT2D eigenvalue weighted by Crippen LogP contribution is 2.33. The average Bonchev–Trinajstić information content (AvgIpc) is 3.45. The van der Waals surface area contributed by atoms with Crippen molar-refractivity contribution in [3.63, 3.8) is 0 Å². The molecule has 0 saturated heterocycles. The van der Waals surface area contributed by atoms with Crippen molar-refractivity contribution in [2.24, 2.45) is 5.92 Å². The number of anilines is 1. The van der Waals surface area contributed by atoms with Gasteiger partial charge in [-0.3, -0.25) is 9.59 Å². The van der Waals surface area contributed by atoms with Gasteiger partial charge in [0.25, 0.3) is 5.91 Å². The molecular weight excluding hydrogens is 324 g/mol. The van der Waals surface area contributed by atoms with Gasteiger partial charge in [-0.1, -0.05) is 23.8 Å². The Hall–Kier alpha value is -2.62. The molecule has 0 aromatic heterocycles. The van der Waals surface area contributed by atoms with Gasteiger partial charge in [0.1, 0.15) is 0 Å². The third-order valence-electron chi connectivity index (χ3n) is 5.34. The SMILES string of the molecule is Cc1ccc(C(=O)Nc2ccc3c(c2)CN(C(=O)C2CC2)CC3)c(C)c1. The average molecular weight is 348 g/mol. The maximum atomic E-state index is 12.6. The van der Waals surface area contributed by atoms with Crippen molar-refractivity contribution in [3.05, 3.63) is 64.2 Å². The van der Waals surface area contributed by atoms with Crippen molar-refractivity contribution >= 4 is 17.5 Å². The van der Waals surface area contributed by atoms with E-state index in [1.54, 1.807) is 0 Å². The Labute approximate surface area is 154 Å². The number of fused-ring (bicyclic) bond motifs is 1. The normalized spacial score (nSPS) is 16.2. The Kier molecular flexibility index (Phi) is 4.27. The molecule has 1 aliphatic carbocycles. The van der Waals surface area contributed by atoms with Crippen LogP contribution in [0.2, 0.25) is 0 Å². The van der Waals surface area contributed by atoms with Crippen molar-refractivity contribution < 1.29 is 9.59 Å². The van der Waals surface area contributed by atoms with Crippen LogP contribution in [-0.2, 0) is 17.8 Å². The van der Waals surface area contributed by atoms with Crippen molar-refractivity contribution in [2.75, 3.05) is 11.9 Å². The smallest absolute Gasteiger partial charge is 0.255 e. The Morgan fingerprint density at radius 2 is 1.85 bits per heavy atom. The highest BCUT2D eigenvalue weighted by molar-refractivity contribution is 6.05. The van der Waals surface area contributed by atoms with E-state index in [2.05, 4.69) is 11.4 Å². The lowest BCUT2D eigenvalue weighted by Crippen LogP contribution is -2.36. The minimum absolute atomic E-state index is 0.0934. The van der Waals surface area contributed by atoms with Gasteiger partial charge in [0, 0.05) is 30.3 Å². The molecule has 2 aromatic carbocycles. The summed E-state index contributed by atoms with van der Waals surface area (Å²) in [6, 6.07) is 11.9. The van der Waals surface area contributed by atoms with Gasteiger partial charge in [-0.05, 0) is 68.0 Å². The van der Waals surface area contributed by atoms with E-state index in [4.69, 9.17) is 0 Å². The van der Waals surface area contributed by atoms with Gasteiger partial charge >= 0.3 is 0 Å². The van der Waals surface area contributed by atoms with E-state index in [0.29, 0.717) is 18.0 Å². The first kappa shape index (κ1) is 16.8. The predicted octanol–water partition coefficient (Wildman–Crippen LogP) is 3.85. The molecule has 4 nitrogen and oxygen atoms in total. The minimum Gasteiger partial charge on any atom is -0.338 e. The van der Waals surface area contributed by atoms with Gasteiger partial charge in [-0.25, -0.2) is 0 Å². The molecule has 26 heavy (non-hydrogen) atoms. The first-order valence-electron chi connectivity index (χ1n) is 9.30. The van der Waals surface area contributed by atoms with Crippen LogP contribution in [-0.4, -0.2) is 23.3 Å². The summed E-state index contributed by atoms with van der Waals surface area (Å²) in [6.07, 6.45) is 2.96. The summed E-state index contributed by atoms with van der Waals surface area (Å²) >= 11 is 0. The molecule has 4 heteroatoms. The van der Waals surface area contributed by atoms with Gasteiger partial charge < -0.3 is 10.2 Å². The summed E-state index contributed by atoms with van der Waals surface area (Å²) in [6.45, 7) is 5.43. The molecule has 2 aliphatic rings. The molecule has 1 N–H and O–H groups in total. The number of nitrogens with one attached hydrogen (secondary N) is 1. The highest BCUT2D eigenvalue weighted by Gasteiger charge is 2.34. The lowest BCUT2D eigenvalue weighted by Gasteiger charge is -2.29. The van der Waals surface area contributed by atoms with E-state index in [1.807, 2.05) is 49.1 Å². The quantitative estimate of drug-likeness (QED) is 0.916. The Morgan fingerprint density at radius 3 is 2.58 bits per heavy atom. The van der Waals surface area contributed by atoms with Gasteiger partial charge in [0.2, 0.25) is 5.91 Å². The molecule has 2 amide bonds. The number of aryl methyl sites for hydroxylation is 2. The van der Waals surface area contributed by atoms with Crippen molar-refractivity contribution in [1.82, 2.24) is 4.90 Å². The number of carbonyl (C=O) groups excluding carboxylic acids is 2. The molecule has 2 aromatic rings. The summed E-state index contributed by atoms with van der Waals surface area (Å²) in [5.74, 6) is 0.452. The van der Waals surface area contributed by atoms with Crippen LogP contribution < -0.4 is 5.32 Å². The standard InChI is InChI=1S/C22H24N2O2/c1-14-3-8-20(15(2)11-14)21(25)23-19-7-6-16-9-10-24(13-18(16)12-19)22(26)17-4-5-17/h3,6-8,11-12,17H,4-5,9-10,13H2,1-2H3,(H,23,25). The fraction of sp³-hybridized carbons (Fsp3) is 0.364. The fourth-order valence-electron chi connectivity index (χ4n) is 3.68. The Morgan fingerprint density at radius 1 is 1.04 bits per heavy atom. The summed E-state index contributed by atoms with van der Waals surface area (Å²) in [4.78, 5) is 26.9. The molecular formula is C22H24N2O2. The summed E-state index contributed by atoms with van der Waals surface area (Å²) in [5, 5.41) is 3.01. The zero-order valence-electron chi connectivity index (χ0n) is 15.3. The van der Waals surface area contributed by atoms with Crippen LogP contribution in [0, 0.1) is 19.8 Å². The molecule has 0 bridgehead atoms. The first-order chi connectivity index (χ1) is 12.5. The Bertz CT molecular complexity index is 884. The zero-order valence-corrected chi connectivity index (χ0v) is 15.3. The van der Waals surface area contributed by atoms with Crippen molar-refractivity contribution in [3.8, 4) is 0 Å². The zero-order chi connectivity index (χ0) is 18.3. The first-order valence-corrected chi connectivity index (χ1v) is 9.30. The van der Waals surface area contributed by atoms with E-state index in [1.165, 1.54) is 5.56 Å². The Balaban J connectivity index is 1.51. The van der Waals surface area contributed by atoms with Gasteiger partial charge in [-0.2, -0.15) is 0 Å². The number of nitrogens with zero attached hydrogens (tertiary/aromatic N) is 1. The second kappa shape index (κ2) is 6.60. The highest BCUT2D eigenvalue weighted by atomic mass is 16.2. The van der Waals surface area contributed by atoms with Crippen LogP contribution in [0.4, 0.5) is 5.69 Å². The lowest BCUT2D eigenvalue weighted by molar-refractivity contribution is -0.133. The second-order valence-corrected chi connectivity index (χ2v) is 7.54. The third kappa shape index (κ3) is 3.36. The fourth-order valence-corrected chi connectivity index (χ4v) is 3.68. The van der Waals surface area contributed by atoms with E-state index in [-0.39, 0.29) is 11.8 Å². The molecule has 0 spiro atoms. The van der Waals surface area contributed by atoms with Crippen LogP contribution in [0.25, 0.3) is 0 Å². The number of benzene rings is 2. The van der Waals surface area contributed by atoms with Crippen LogP contribution in [0.1, 0.15) is 45.5 Å². The monoisotopic (exact) mass is 348 g/mol. The molecule has 1 heterocycles. The van der Waals surface area contributed by atoms with Crippen LogP contribution >= 0.6 is 0 Å². The topological polar surface area (TPSA) is 49.4 Å². The predicted molar refractivity (Wildman–Crippen MR) is 102 cm³/mol. The molecule has 1 fully saturated rings. The lowest BCUT2D eigenvalue weighted by atomic mass is 9.98. The van der Waals surface area contributed by atoms with Crippen LogP contribution in [0.15, 0.2) is 36.4 Å². The summed E-state index contributed by atoms with van der Waals surface area (Å²) < 4.78 is 0. The second-order valence-electron chi connectivity index (χ2n) is 7.54. The van der Waals surface area contributed by atoms with E-state index >= 15 is 0 Å². The van der Waals surface area contributed by atoms with Gasteiger partial charge in [0.05, 0.1) is 0 Å². The molecule has 0 unspecified atom stereocenters. The summed E-state index contributed by atoms with van der Waals surface area (Å²) in [5.41, 5.74) is 6.02. The molecule has 0 atom stereocenters. The molecule has 0 radical (unpaired) electrons. The van der Waals surface area contributed by atoms with E-state index in [9.17, 15) is 9.59 Å². The number of amides is 2. The molecule has 4 rings (SSSR count).